The minimum Gasteiger partial charge on any atom is -0.392 e. The summed E-state index contributed by atoms with van der Waals surface area (Å²) in [6.07, 6.45) is 3.16. The largest absolute Gasteiger partial charge is 0.668 e. The van der Waals surface area contributed by atoms with Gasteiger partial charge in [0, 0.05) is 32.8 Å². The van der Waals surface area contributed by atoms with Crippen molar-refractivity contribution in [2.24, 2.45) is 0 Å². The minimum atomic E-state index is -4.61. The first-order valence-corrected chi connectivity index (χ1v) is 12.0. The molecule has 0 saturated carbocycles. The van der Waals surface area contributed by atoms with Crippen LogP contribution < -0.4 is 0 Å². The van der Waals surface area contributed by atoms with Crippen molar-refractivity contribution in [3.05, 3.63) is 0 Å². The van der Waals surface area contributed by atoms with Crippen LogP contribution in [0.1, 0.15) is 47.0 Å². The van der Waals surface area contributed by atoms with Crippen molar-refractivity contribution in [1.82, 2.24) is 0 Å². The highest BCUT2D eigenvalue weighted by molar-refractivity contribution is 6.70. The van der Waals surface area contributed by atoms with E-state index in [1.54, 1.807) is 0 Å². The quantitative estimate of drug-likeness (QED) is 0.357. The fraction of sp³-hybridized carbons (Fsp3) is 1.00. The molecule has 140 valence electrons. The van der Waals surface area contributed by atoms with Gasteiger partial charge in [-0.2, -0.15) is 0 Å². The molecule has 0 bridgehead atoms. The molecule has 0 aromatic carbocycles. The molecule has 0 amide bonds. The van der Waals surface area contributed by atoms with Crippen molar-refractivity contribution in [2.75, 3.05) is 26.4 Å². The van der Waals surface area contributed by atoms with E-state index in [2.05, 4.69) is 0 Å². The molecule has 1 aliphatic rings. The maximum absolute atomic E-state index is 7.33. The second-order valence-corrected chi connectivity index (χ2v) is 9.59. The van der Waals surface area contributed by atoms with Gasteiger partial charge in [-0.1, -0.05) is 6.42 Å². The maximum atomic E-state index is 7.33. The average molecular weight is 373 g/mol. The topological polar surface area (TPSA) is 118 Å². The predicted octanol–water partition coefficient (Wildman–Crippen LogP) is 0.385. The van der Waals surface area contributed by atoms with Crippen molar-refractivity contribution in [2.45, 2.75) is 58.4 Å². The van der Waals surface area contributed by atoms with Gasteiger partial charge in [-0.3, -0.25) is 0 Å². The van der Waals surface area contributed by atoms with Crippen molar-refractivity contribution >= 4 is 17.6 Å². The van der Waals surface area contributed by atoms with E-state index in [1.807, 2.05) is 27.7 Å². The van der Waals surface area contributed by atoms with Crippen LogP contribution in [-0.4, -0.2) is 68.6 Å². The van der Waals surface area contributed by atoms with E-state index >= 15 is 0 Å². The standard InChI is InChI=1S/C13H28O4Si.H4O4Si/c1-5-14-13(15-6-2)11-9-10-12-18(13,16-7-3)17-8-4;1-5(2,3)4/h5-12H2,1-4H3;1-4H. The Bertz CT molecular complexity index is 258. The molecule has 0 aliphatic carbocycles. The summed E-state index contributed by atoms with van der Waals surface area (Å²) >= 11 is 0. The Morgan fingerprint density at radius 2 is 1.26 bits per heavy atom. The third kappa shape index (κ3) is 7.69. The zero-order valence-corrected chi connectivity index (χ0v) is 16.6. The predicted molar refractivity (Wildman–Crippen MR) is 88.3 cm³/mol. The highest BCUT2D eigenvalue weighted by Crippen LogP contribution is 2.41. The minimum absolute atomic E-state index is 0.610. The van der Waals surface area contributed by atoms with Gasteiger partial charge in [0.1, 0.15) is 0 Å². The van der Waals surface area contributed by atoms with Crippen LogP contribution in [0.15, 0.2) is 0 Å². The third-order valence-electron chi connectivity index (χ3n) is 3.35. The summed E-state index contributed by atoms with van der Waals surface area (Å²) in [6.45, 7) is 10.6. The summed E-state index contributed by atoms with van der Waals surface area (Å²) in [5.74, 6) is 0. The van der Waals surface area contributed by atoms with Crippen LogP contribution in [0.3, 0.4) is 0 Å². The second kappa shape index (κ2) is 10.9. The molecule has 1 rings (SSSR count). The van der Waals surface area contributed by atoms with Gasteiger partial charge < -0.3 is 37.5 Å². The van der Waals surface area contributed by atoms with Gasteiger partial charge in [-0.15, -0.1) is 0 Å². The first-order valence-electron chi connectivity index (χ1n) is 8.15. The van der Waals surface area contributed by atoms with Gasteiger partial charge in [0.05, 0.1) is 0 Å². The van der Waals surface area contributed by atoms with E-state index < -0.39 is 23.0 Å². The summed E-state index contributed by atoms with van der Waals surface area (Å²) < 4.78 is 24.2. The highest BCUT2D eigenvalue weighted by atomic mass is 28.4. The zero-order chi connectivity index (χ0) is 18.0. The summed E-state index contributed by atoms with van der Waals surface area (Å²) in [6, 6.07) is 0.967. The van der Waals surface area contributed by atoms with E-state index in [-0.39, 0.29) is 0 Å². The number of hydrogen-bond acceptors (Lipinski definition) is 8. The Morgan fingerprint density at radius 1 is 0.826 bits per heavy atom. The lowest BCUT2D eigenvalue weighted by Gasteiger charge is -2.48. The summed E-state index contributed by atoms with van der Waals surface area (Å²) in [5, 5.41) is 0. The SMILES string of the molecule is CCOC1(OCC)CCCC[Si]1(OCC)OCC.O[Si](O)(O)O. The first-order chi connectivity index (χ1) is 10.7. The van der Waals surface area contributed by atoms with E-state index in [0.29, 0.717) is 26.4 Å². The average Bonchev–Trinajstić information content (AvgIpc) is 2.41. The fourth-order valence-electron chi connectivity index (χ4n) is 2.84. The van der Waals surface area contributed by atoms with Crippen LogP contribution >= 0.6 is 0 Å². The lowest BCUT2D eigenvalue weighted by Crippen LogP contribution is -2.67. The molecule has 0 radical (unpaired) electrons. The Labute approximate surface area is 140 Å². The van der Waals surface area contributed by atoms with Crippen molar-refractivity contribution in [3.63, 3.8) is 0 Å². The van der Waals surface area contributed by atoms with Crippen LogP contribution in [0.5, 0.6) is 0 Å². The molecular formula is C13H32O8Si2. The molecule has 1 aliphatic heterocycles. The molecule has 23 heavy (non-hydrogen) atoms. The van der Waals surface area contributed by atoms with Crippen molar-refractivity contribution < 1.29 is 37.5 Å². The smallest absolute Gasteiger partial charge is 0.392 e. The van der Waals surface area contributed by atoms with Crippen LogP contribution in [0.4, 0.5) is 0 Å². The molecule has 0 aromatic heterocycles. The molecule has 0 unspecified atom stereocenters. The fourth-order valence-corrected chi connectivity index (χ4v) is 6.97. The summed E-state index contributed by atoms with van der Waals surface area (Å²) in [4.78, 5) is 29.3. The normalized spacial score (nSPS) is 19.8. The van der Waals surface area contributed by atoms with Gasteiger partial charge in [0.2, 0.25) is 5.41 Å². The molecule has 10 heteroatoms. The van der Waals surface area contributed by atoms with E-state index in [0.717, 1.165) is 25.3 Å². The number of hydrogen-bond donors (Lipinski definition) is 4. The Balaban J connectivity index is 0.000000841. The second-order valence-electron chi connectivity index (χ2n) is 5.04. The van der Waals surface area contributed by atoms with Gasteiger partial charge in [0.25, 0.3) is 0 Å². The van der Waals surface area contributed by atoms with Gasteiger partial charge in [-0.05, 0) is 40.2 Å². The first kappa shape index (κ1) is 23.1. The highest BCUT2D eigenvalue weighted by Gasteiger charge is 2.61. The molecule has 1 saturated heterocycles. The molecule has 0 aromatic rings. The van der Waals surface area contributed by atoms with Crippen LogP contribution in [0.25, 0.3) is 0 Å². The molecule has 4 N–H and O–H groups in total. The van der Waals surface area contributed by atoms with Crippen LogP contribution in [0.2, 0.25) is 6.04 Å². The third-order valence-corrected chi connectivity index (χ3v) is 7.57. The lowest BCUT2D eigenvalue weighted by atomic mass is 10.2. The summed E-state index contributed by atoms with van der Waals surface area (Å²) in [5.41, 5.74) is -0.610. The molecule has 0 atom stereocenters. The van der Waals surface area contributed by atoms with Crippen molar-refractivity contribution in [3.8, 4) is 0 Å². The van der Waals surface area contributed by atoms with Crippen LogP contribution in [-0.2, 0) is 18.3 Å². The molecule has 8 nitrogen and oxygen atoms in total. The monoisotopic (exact) mass is 372 g/mol. The zero-order valence-electron chi connectivity index (χ0n) is 14.6. The van der Waals surface area contributed by atoms with E-state index in [4.69, 9.17) is 37.5 Å². The molecular weight excluding hydrogens is 340 g/mol. The van der Waals surface area contributed by atoms with Crippen molar-refractivity contribution in [1.29, 1.82) is 0 Å². The summed E-state index contributed by atoms with van der Waals surface area (Å²) in [7, 11) is -7.06. The Hall–Kier alpha value is 0.114. The van der Waals surface area contributed by atoms with Gasteiger partial charge in [0.15, 0.2) is 0 Å². The molecule has 0 spiro atoms. The lowest BCUT2D eigenvalue weighted by molar-refractivity contribution is -0.211. The molecule has 1 heterocycles. The number of ether oxygens (including phenoxy) is 2. The molecule has 1 fully saturated rings. The Kier molecular flexibility index (Phi) is 10.9. The Morgan fingerprint density at radius 3 is 1.61 bits per heavy atom. The van der Waals surface area contributed by atoms with Gasteiger partial charge >= 0.3 is 17.6 Å². The van der Waals surface area contributed by atoms with E-state index in [9.17, 15) is 0 Å². The maximum Gasteiger partial charge on any atom is 0.668 e. The van der Waals surface area contributed by atoms with Gasteiger partial charge in [-0.25, -0.2) is 0 Å². The van der Waals surface area contributed by atoms with E-state index in [1.165, 1.54) is 0 Å². The number of rotatable bonds is 8. The van der Waals surface area contributed by atoms with Crippen LogP contribution in [0, 0.1) is 0 Å².